The van der Waals surface area contributed by atoms with E-state index in [0.29, 0.717) is 5.69 Å². The second-order valence-corrected chi connectivity index (χ2v) is 9.51. The Bertz CT molecular complexity index is 1030. The number of nitrogens with one attached hydrogen (secondary N) is 2. The molecule has 0 radical (unpaired) electrons. The van der Waals surface area contributed by atoms with Crippen LogP contribution in [0.1, 0.15) is 17.3 Å². The van der Waals surface area contributed by atoms with E-state index in [-0.39, 0.29) is 27.6 Å². The van der Waals surface area contributed by atoms with Crippen LogP contribution < -0.4 is 10.0 Å². The molecular weight excluding hydrogens is 380 g/mol. The van der Waals surface area contributed by atoms with E-state index in [0.717, 1.165) is 6.26 Å². The fourth-order valence-electron chi connectivity index (χ4n) is 2.07. The molecular formula is C16H18N2O6S2. The van der Waals surface area contributed by atoms with E-state index in [9.17, 15) is 26.7 Å². The van der Waals surface area contributed by atoms with E-state index in [1.807, 2.05) is 0 Å². The average Bonchev–Trinajstić information content (AvgIpc) is 2.55. The first-order chi connectivity index (χ1) is 12.0. The van der Waals surface area contributed by atoms with Crippen molar-refractivity contribution in [2.24, 2.45) is 0 Å². The van der Waals surface area contributed by atoms with Crippen LogP contribution in [-0.4, -0.2) is 39.9 Å². The molecule has 140 valence electrons. The fourth-order valence-corrected chi connectivity index (χ4v) is 3.54. The summed E-state index contributed by atoms with van der Waals surface area (Å²) < 4.78 is 48.5. The quantitative estimate of drug-likeness (QED) is 0.636. The lowest BCUT2D eigenvalue weighted by Crippen LogP contribution is -2.13. The minimum absolute atomic E-state index is 0.0131. The standard InChI is InChI=1S/C16H18N2O6S2/c1-3-26(23,24)13-8-9-15(19)14(10-13)17-16(20)11-4-6-12(7-5-11)18-25(2,21)22/h4-10,18-19H,3H2,1-2H3,(H,17,20). The summed E-state index contributed by atoms with van der Waals surface area (Å²) in [5, 5.41) is 12.3. The molecule has 8 nitrogen and oxygen atoms in total. The van der Waals surface area contributed by atoms with Crippen molar-refractivity contribution in [3.05, 3.63) is 48.0 Å². The van der Waals surface area contributed by atoms with Crippen molar-refractivity contribution in [3.63, 3.8) is 0 Å². The lowest BCUT2D eigenvalue weighted by molar-refractivity contribution is 0.102. The molecule has 0 aliphatic rings. The van der Waals surface area contributed by atoms with Crippen molar-refractivity contribution < 1.29 is 26.7 Å². The number of rotatable bonds is 6. The molecule has 10 heteroatoms. The van der Waals surface area contributed by atoms with Gasteiger partial charge >= 0.3 is 0 Å². The number of sulfone groups is 1. The molecule has 0 unspecified atom stereocenters. The molecule has 0 aromatic heterocycles. The molecule has 0 bridgehead atoms. The molecule has 0 spiro atoms. The van der Waals surface area contributed by atoms with Gasteiger partial charge in [-0.1, -0.05) is 6.92 Å². The largest absolute Gasteiger partial charge is 0.506 e. The molecule has 0 aliphatic carbocycles. The molecule has 0 heterocycles. The molecule has 0 saturated carbocycles. The molecule has 26 heavy (non-hydrogen) atoms. The first kappa shape index (κ1) is 19.7. The summed E-state index contributed by atoms with van der Waals surface area (Å²) in [6.07, 6.45) is 1.01. The smallest absolute Gasteiger partial charge is 0.255 e. The summed E-state index contributed by atoms with van der Waals surface area (Å²) in [5.74, 6) is -0.971. The number of amides is 1. The van der Waals surface area contributed by atoms with Gasteiger partial charge in [0.15, 0.2) is 9.84 Å². The molecule has 3 N–H and O–H groups in total. The van der Waals surface area contributed by atoms with Crippen LogP contribution in [-0.2, 0) is 19.9 Å². The zero-order valence-electron chi connectivity index (χ0n) is 14.1. The van der Waals surface area contributed by atoms with E-state index in [2.05, 4.69) is 10.0 Å². The predicted molar refractivity (Wildman–Crippen MR) is 98.7 cm³/mol. The van der Waals surface area contributed by atoms with Gasteiger partial charge in [-0.2, -0.15) is 0 Å². The van der Waals surface area contributed by atoms with Gasteiger partial charge in [0.2, 0.25) is 10.0 Å². The van der Waals surface area contributed by atoms with E-state index in [1.165, 1.54) is 49.4 Å². The second-order valence-electron chi connectivity index (χ2n) is 5.49. The summed E-state index contributed by atoms with van der Waals surface area (Å²) in [5.41, 5.74) is 0.456. The third-order valence-corrected chi connectivity index (χ3v) is 5.74. The van der Waals surface area contributed by atoms with Crippen LogP contribution >= 0.6 is 0 Å². The van der Waals surface area contributed by atoms with Crippen LogP contribution in [0.5, 0.6) is 5.75 Å². The number of carbonyl (C=O) groups excluding carboxylic acids is 1. The number of benzene rings is 2. The highest BCUT2D eigenvalue weighted by Crippen LogP contribution is 2.27. The van der Waals surface area contributed by atoms with Crippen molar-refractivity contribution >= 4 is 37.1 Å². The zero-order chi connectivity index (χ0) is 19.5. The van der Waals surface area contributed by atoms with E-state index < -0.39 is 25.8 Å². The lowest BCUT2D eigenvalue weighted by atomic mass is 10.2. The van der Waals surface area contributed by atoms with E-state index in [1.54, 1.807) is 0 Å². The van der Waals surface area contributed by atoms with E-state index in [4.69, 9.17) is 0 Å². The van der Waals surface area contributed by atoms with Crippen molar-refractivity contribution in [1.29, 1.82) is 0 Å². The third kappa shape index (κ3) is 4.96. The Morgan fingerprint density at radius 1 is 1.04 bits per heavy atom. The van der Waals surface area contributed by atoms with Gasteiger partial charge in [0.05, 0.1) is 22.6 Å². The van der Waals surface area contributed by atoms with Crippen LogP contribution in [0.15, 0.2) is 47.4 Å². The Morgan fingerprint density at radius 3 is 2.19 bits per heavy atom. The number of carbonyl (C=O) groups is 1. The Kier molecular flexibility index (Phi) is 5.57. The van der Waals surface area contributed by atoms with Crippen molar-refractivity contribution in [2.75, 3.05) is 22.0 Å². The minimum atomic E-state index is -3.49. The van der Waals surface area contributed by atoms with Gasteiger partial charge in [0.25, 0.3) is 5.91 Å². The van der Waals surface area contributed by atoms with Crippen LogP contribution in [0.3, 0.4) is 0 Å². The summed E-state index contributed by atoms with van der Waals surface area (Å²) in [7, 11) is -6.91. The monoisotopic (exact) mass is 398 g/mol. The summed E-state index contributed by atoms with van der Waals surface area (Å²) >= 11 is 0. The maximum Gasteiger partial charge on any atom is 0.255 e. The van der Waals surface area contributed by atoms with Gasteiger partial charge in [-0.05, 0) is 42.5 Å². The number of anilines is 2. The first-order valence-corrected chi connectivity index (χ1v) is 11.0. The molecule has 0 saturated heterocycles. The second kappa shape index (κ2) is 7.34. The Labute approximate surface area is 151 Å². The van der Waals surface area contributed by atoms with Gasteiger partial charge in [0, 0.05) is 11.3 Å². The maximum absolute atomic E-state index is 12.3. The van der Waals surface area contributed by atoms with Gasteiger partial charge in [-0.15, -0.1) is 0 Å². The van der Waals surface area contributed by atoms with E-state index >= 15 is 0 Å². The normalized spacial score (nSPS) is 11.8. The first-order valence-electron chi connectivity index (χ1n) is 7.47. The number of aromatic hydroxyl groups is 1. The molecule has 1 amide bonds. The van der Waals surface area contributed by atoms with Gasteiger partial charge < -0.3 is 10.4 Å². The van der Waals surface area contributed by atoms with Crippen LogP contribution in [0.2, 0.25) is 0 Å². The SMILES string of the molecule is CCS(=O)(=O)c1ccc(O)c(NC(=O)c2ccc(NS(C)(=O)=O)cc2)c1. The molecule has 0 atom stereocenters. The zero-order valence-corrected chi connectivity index (χ0v) is 15.7. The molecule has 0 aliphatic heterocycles. The number of hydrogen-bond donors (Lipinski definition) is 3. The predicted octanol–water partition coefficient (Wildman–Crippen LogP) is 1.81. The van der Waals surface area contributed by atoms with Gasteiger partial charge in [-0.3, -0.25) is 9.52 Å². The maximum atomic E-state index is 12.3. The summed E-state index contributed by atoms with van der Waals surface area (Å²) in [4.78, 5) is 12.3. The highest BCUT2D eigenvalue weighted by Gasteiger charge is 2.16. The summed E-state index contributed by atoms with van der Waals surface area (Å²) in [6.45, 7) is 1.49. The Balaban J connectivity index is 2.23. The number of hydrogen-bond acceptors (Lipinski definition) is 6. The number of phenolic OH excluding ortho intramolecular Hbond substituents is 1. The van der Waals surface area contributed by atoms with Gasteiger partial charge in [-0.25, -0.2) is 16.8 Å². The Hall–Kier alpha value is -2.59. The highest BCUT2D eigenvalue weighted by atomic mass is 32.2. The van der Waals surface area contributed by atoms with Gasteiger partial charge in [0.1, 0.15) is 5.75 Å². The van der Waals surface area contributed by atoms with Crippen LogP contribution in [0.25, 0.3) is 0 Å². The average molecular weight is 398 g/mol. The van der Waals surface area contributed by atoms with Crippen molar-refractivity contribution in [1.82, 2.24) is 0 Å². The number of sulfonamides is 1. The lowest BCUT2D eigenvalue weighted by Gasteiger charge is -2.10. The molecule has 2 aromatic carbocycles. The molecule has 2 aromatic rings. The van der Waals surface area contributed by atoms with Crippen molar-refractivity contribution in [3.8, 4) is 5.75 Å². The van der Waals surface area contributed by atoms with Crippen LogP contribution in [0, 0.1) is 0 Å². The number of phenols is 1. The van der Waals surface area contributed by atoms with Crippen LogP contribution in [0.4, 0.5) is 11.4 Å². The van der Waals surface area contributed by atoms with Crippen molar-refractivity contribution in [2.45, 2.75) is 11.8 Å². The Morgan fingerprint density at radius 2 is 1.65 bits per heavy atom. The highest BCUT2D eigenvalue weighted by molar-refractivity contribution is 7.92. The minimum Gasteiger partial charge on any atom is -0.506 e. The topological polar surface area (TPSA) is 130 Å². The molecule has 0 fully saturated rings. The third-order valence-electron chi connectivity index (χ3n) is 3.41. The fraction of sp³-hybridized carbons (Fsp3) is 0.188. The molecule has 2 rings (SSSR count). The summed E-state index contributed by atoms with van der Waals surface area (Å²) in [6, 6.07) is 9.25.